The standard InChI is InChI=1S/C25H38O13S2/c1-12-22(38-40(32,33)34)20(27)21(28)23(35-12)36-18-11-14-15-4-5-19(26)25(15,3)9-7-16(14)24(2)8-6-13(10-17(18)24)37-39(29,30)31/h7,12-15,17-18,20-23,27-28H,4-6,8-11H2,1-3H3,(H,29,30,31)(H,32,33,34)/t12-,13+,14+,15+,17-,18+,20-,21-,22-,23+,24-,25+/m1/s1. The van der Waals surface area contributed by atoms with Crippen molar-refractivity contribution >= 4 is 26.6 Å². The maximum absolute atomic E-state index is 12.9. The predicted octanol–water partition coefficient (Wildman–Crippen LogP) is 1.36. The van der Waals surface area contributed by atoms with Crippen LogP contribution in [-0.2, 0) is 43.4 Å². The summed E-state index contributed by atoms with van der Waals surface area (Å²) in [4.78, 5) is 12.9. The van der Waals surface area contributed by atoms with Gasteiger partial charge in [0.25, 0.3) is 0 Å². The number of rotatable bonds is 6. The Hall–Kier alpha value is -1.01. The zero-order chi connectivity index (χ0) is 29.4. The summed E-state index contributed by atoms with van der Waals surface area (Å²) in [6.07, 6.45) is -3.39. The molecule has 0 bridgehead atoms. The lowest BCUT2D eigenvalue weighted by molar-refractivity contribution is -0.312. The van der Waals surface area contributed by atoms with Crippen molar-refractivity contribution in [1.29, 1.82) is 0 Å². The zero-order valence-corrected chi connectivity index (χ0v) is 24.2. The summed E-state index contributed by atoms with van der Waals surface area (Å²) in [5.74, 6) is -0.0122. The van der Waals surface area contributed by atoms with Crippen LogP contribution < -0.4 is 0 Å². The van der Waals surface area contributed by atoms with Gasteiger partial charge in [0.2, 0.25) is 0 Å². The van der Waals surface area contributed by atoms with Crippen molar-refractivity contribution in [3.63, 3.8) is 0 Å². The zero-order valence-electron chi connectivity index (χ0n) is 22.6. The molecule has 15 heteroatoms. The van der Waals surface area contributed by atoms with E-state index in [0.717, 1.165) is 6.42 Å². The van der Waals surface area contributed by atoms with Crippen LogP contribution in [0.25, 0.3) is 0 Å². The van der Waals surface area contributed by atoms with E-state index in [9.17, 15) is 36.4 Å². The van der Waals surface area contributed by atoms with Gasteiger partial charge in [-0.2, -0.15) is 16.8 Å². The second-order valence-electron chi connectivity index (χ2n) is 12.5. The summed E-state index contributed by atoms with van der Waals surface area (Å²) < 4.78 is 85.5. The lowest BCUT2D eigenvalue weighted by Gasteiger charge is -2.58. The Morgan fingerprint density at radius 1 is 0.950 bits per heavy atom. The number of carbonyl (C=O) groups excluding carboxylic acids is 1. The van der Waals surface area contributed by atoms with Gasteiger partial charge in [-0.15, -0.1) is 0 Å². The third-order valence-electron chi connectivity index (χ3n) is 10.3. The van der Waals surface area contributed by atoms with Gasteiger partial charge < -0.3 is 19.7 Å². The van der Waals surface area contributed by atoms with Crippen molar-refractivity contribution in [1.82, 2.24) is 0 Å². The molecule has 228 valence electrons. The molecule has 5 rings (SSSR count). The molecule has 13 nitrogen and oxygen atoms in total. The van der Waals surface area contributed by atoms with Gasteiger partial charge in [-0.25, -0.2) is 8.37 Å². The Labute approximate surface area is 234 Å². The fraction of sp³-hybridized carbons (Fsp3) is 0.880. The topological polar surface area (TPSA) is 203 Å². The minimum atomic E-state index is -4.94. The largest absolute Gasteiger partial charge is 0.397 e. The highest BCUT2D eigenvalue weighted by molar-refractivity contribution is 7.81. The van der Waals surface area contributed by atoms with Crippen LogP contribution in [0.3, 0.4) is 0 Å². The van der Waals surface area contributed by atoms with Gasteiger partial charge in [-0.05, 0) is 68.6 Å². The number of aliphatic hydroxyl groups excluding tert-OH is 2. The molecule has 3 saturated carbocycles. The molecule has 0 amide bonds. The highest BCUT2D eigenvalue weighted by atomic mass is 32.3. The number of aliphatic hydroxyl groups is 2. The van der Waals surface area contributed by atoms with E-state index in [0.29, 0.717) is 32.1 Å². The molecule has 1 aliphatic heterocycles. The van der Waals surface area contributed by atoms with E-state index < -0.39 is 74.5 Å². The number of allylic oxidation sites excluding steroid dienone is 2. The van der Waals surface area contributed by atoms with Crippen molar-refractivity contribution in [3.8, 4) is 0 Å². The van der Waals surface area contributed by atoms with E-state index in [1.54, 1.807) is 0 Å². The number of Topliss-reactive ketones (excluding diaryl/α,β-unsaturated/α-hetero) is 1. The molecular weight excluding hydrogens is 572 g/mol. The van der Waals surface area contributed by atoms with Gasteiger partial charge in [0.15, 0.2) is 6.29 Å². The van der Waals surface area contributed by atoms with Gasteiger partial charge in [-0.1, -0.05) is 25.5 Å². The number of ether oxygens (including phenoxy) is 2. The Kier molecular flexibility index (Phi) is 7.85. The first-order valence-corrected chi connectivity index (χ1v) is 16.4. The van der Waals surface area contributed by atoms with E-state index in [4.69, 9.17) is 18.2 Å². The second kappa shape index (κ2) is 10.3. The molecule has 5 aliphatic rings. The van der Waals surface area contributed by atoms with Crippen molar-refractivity contribution in [2.75, 3.05) is 0 Å². The summed E-state index contributed by atoms with van der Waals surface area (Å²) in [7, 11) is -9.64. The molecule has 0 aromatic carbocycles. The molecule has 0 spiro atoms. The first-order valence-electron chi connectivity index (χ1n) is 13.7. The number of hydrogen-bond donors (Lipinski definition) is 4. The maximum Gasteiger partial charge on any atom is 0.397 e. The van der Waals surface area contributed by atoms with Crippen LogP contribution in [0, 0.1) is 28.6 Å². The maximum atomic E-state index is 12.9. The van der Waals surface area contributed by atoms with Gasteiger partial charge >= 0.3 is 20.8 Å². The predicted molar refractivity (Wildman–Crippen MR) is 136 cm³/mol. The molecule has 12 atom stereocenters. The van der Waals surface area contributed by atoms with Crippen LogP contribution in [0.2, 0.25) is 0 Å². The highest BCUT2D eigenvalue weighted by Gasteiger charge is 2.60. The molecule has 0 aromatic heterocycles. The van der Waals surface area contributed by atoms with Crippen LogP contribution in [0.1, 0.15) is 65.7 Å². The average Bonchev–Trinajstić information content (AvgIpc) is 3.14. The molecule has 4 aliphatic carbocycles. The Bertz CT molecular complexity index is 1270. The van der Waals surface area contributed by atoms with Crippen molar-refractivity contribution in [3.05, 3.63) is 11.6 Å². The monoisotopic (exact) mass is 610 g/mol. The van der Waals surface area contributed by atoms with Crippen molar-refractivity contribution < 1.29 is 58.8 Å². The van der Waals surface area contributed by atoms with Crippen LogP contribution in [0.4, 0.5) is 0 Å². The first kappa shape index (κ1) is 30.4. The lowest BCUT2D eigenvalue weighted by atomic mass is 9.48. The number of ketones is 1. The highest BCUT2D eigenvalue weighted by Crippen LogP contribution is 2.64. The fourth-order valence-corrected chi connectivity index (χ4v) is 9.33. The van der Waals surface area contributed by atoms with Crippen molar-refractivity contribution in [2.45, 2.75) is 109 Å². The fourth-order valence-electron chi connectivity index (χ4n) is 8.26. The molecule has 0 unspecified atom stereocenters. The molecule has 1 heterocycles. The third-order valence-corrected chi connectivity index (χ3v) is 11.2. The van der Waals surface area contributed by atoms with E-state index in [1.807, 2.05) is 6.92 Å². The normalized spacial score (nSPS) is 47.7. The average molecular weight is 611 g/mol. The van der Waals surface area contributed by atoms with E-state index in [-0.39, 0.29) is 30.0 Å². The summed E-state index contributed by atoms with van der Waals surface area (Å²) in [6.45, 7) is 5.49. The van der Waals surface area contributed by atoms with Crippen LogP contribution in [0.5, 0.6) is 0 Å². The molecular formula is C25H38O13S2. The number of hydrogen-bond acceptors (Lipinski definition) is 11. The minimum Gasteiger partial charge on any atom is -0.387 e. The lowest BCUT2D eigenvalue weighted by Crippen LogP contribution is -2.61. The van der Waals surface area contributed by atoms with Crippen LogP contribution in [-0.4, -0.2) is 84.9 Å². The Morgan fingerprint density at radius 3 is 2.27 bits per heavy atom. The summed E-state index contributed by atoms with van der Waals surface area (Å²) in [5, 5.41) is 21.5. The minimum absolute atomic E-state index is 0.00538. The third kappa shape index (κ3) is 5.42. The Balaban J connectivity index is 1.45. The quantitative estimate of drug-likeness (QED) is 0.248. The van der Waals surface area contributed by atoms with Gasteiger partial charge in [0.05, 0.1) is 18.3 Å². The van der Waals surface area contributed by atoms with E-state index in [2.05, 4.69) is 17.2 Å². The van der Waals surface area contributed by atoms with Gasteiger partial charge in [0, 0.05) is 11.8 Å². The van der Waals surface area contributed by atoms with E-state index in [1.165, 1.54) is 12.5 Å². The molecule has 4 N–H and O–H groups in total. The van der Waals surface area contributed by atoms with Crippen LogP contribution >= 0.6 is 0 Å². The smallest absolute Gasteiger partial charge is 0.387 e. The molecule has 4 fully saturated rings. The number of fused-ring (bicyclic) bond motifs is 5. The Morgan fingerprint density at radius 2 is 1.62 bits per heavy atom. The second-order valence-corrected chi connectivity index (χ2v) is 14.6. The molecule has 1 saturated heterocycles. The summed E-state index contributed by atoms with van der Waals surface area (Å²) >= 11 is 0. The molecule has 0 radical (unpaired) electrons. The van der Waals surface area contributed by atoms with Gasteiger partial charge in [0.1, 0.15) is 24.1 Å². The molecule has 40 heavy (non-hydrogen) atoms. The van der Waals surface area contributed by atoms with Crippen molar-refractivity contribution in [2.24, 2.45) is 28.6 Å². The van der Waals surface area contributed by atoms with Crippen LogP contribution in [0.15, 0.2) is 11.6 Å². The van der Waals surface area contributed by atoms with Gasteiger partial charge in [-0.3, -0.25) is 13.9 Å². The SMILES string of the molecule is C[C@H]1O[C@@H](O[C@H]2C[C@@H]3C(=CC[C@]4(C)C(=O)CC[C@@H]34)[C@@]3(C)CC[C@H](OS(=O)(=O)O)C[C@H]23)[C@H](O)[C@@H](O)[C@@H]1OS(=O)(=O)O. The molecule has 0 aromatic rings. The first-order chi connectivity index (χ1) is 18.4. The number of carbonyl (C=O) groups is 1. The summed E-state index contributed by atoms with van der Waals surface area (Å²) in [5.41, 5.74) is 0.263. The van der Waals surface area contributed by atoms with E-state index >= 15 is 0 Å². The summed E-state index contributed by atoms with van der Waals surface area (Å²) in [6, 6.07) is 0.